The molecule has 0 aliphatic carbocycles. The molecule has 4 nitrogen and oxygen atoms in total. The molecule has 0 aliphatic rings. The van der Waals surface area contributed by atoms with E-state index >= 15 is 0 Å². The van der Waals surface area contributed by atoms with Crippen LogP contribution in [0, 0.1) is 0 Å². The minimum atomic E-state index is 0.576. The van der Waals surface area contributed by atoms with E-state index in [-0.39, 0.29) is 0 Å². The monoisotopic (exact) mass is 274 g/mol. The van der Waals surface area contributed by atoms with Crippen molar-refractivity contribution in [3.05, 3.63) is 0 Å². The third-order valence-corrected chi connectivity index (χ3v) is 3.25. The van der Waals surface area contributed by atoms with E-state index in [0.717, 1.165) is 59.0 Å². The molecular formula is C15H34N2O2. The molecule has 0 saturated heterocycles. The van der Waals surface area contributed by atoms with Crippen molar-refractivity contribution in [3.63, 3.8) is 0 Å². The van der Waals surface area contributed by atoms with Gasteiger partial charge < -0.3 is 14.8 Å². The molecule has 0 fully saturated rings. The molecule has 0 aliphatic heterocycles. The molecule has 0 rings (SSSR count). The van der Waals surface area contributed by atoms with Crippen molar-refractivity contribution in [1.82, 2.24) is 10.2 Å². The number of nitrogens with one attached hydrogen (secondary N) is 1. The number of hydrogen-bond acceptors (Lipinski definition) is 4. The van der Waals surface area contributed by atoms with Gasteiger partial charge in [0.1, 0.15) is 0 Å². The van der Waals surface area contributed by atoms with Gasteiger partial charge >= 0.3 is 0 Å². The summed E-state index contributed by atoms with van der Waals surface area (Å²) in [6.07, 6.45) is 2.35. The highest BCUT2D eigenvalue weighted by molar-refractivity contribution is 4.73. The van der Waals surface area contributed by atoms with Gasteiger partial charge in [0.15, 0.2) is 0 Å². The summed E-state index contributed by atoms with van der Waals surface area (Å²) in [7, 11) is 0. The zero-order valence-electron chi connectivity index (χ0n) is 13.4. The topological polar surface area (TPSA) is 33.7 Å². The first kappa shape index (κ1) is 18.8. The van der Waals surface area contributed by atoms with Crippen molar-refractivity contribution in [3.8, 4) is 0 Å². The lowest BCUT2D eigenvalue weighted by molar-refractivity contribution is 0.0614. The summed E-state index contributed by atoms with van der Waals surface area (Å²) in [5.74, 6) is 0. The van der Waals surface area contributed by atoms with E-state index < -0.39 is 0 Å². The zero-order valence-corrected chi connectivity index (χ0v) is 13.4. The van der Waals surface area contributed by atoms with Gasteiger partial charge in [-0.15, -0.1) is 0 Å². The van der Waals surface area contributed by atoms with Crippen LogP contribution in [0.3, 0.4) is 0 Å². The molecule has 0 heterocycles. The number of rotatable bonds is 14. The van der Waals surface area contributed by atoms with Gasteiger partial charge in [0, 0.05) is 38.9 Å². The maximum absolute atomic E-state index is 5.49. The van der Waals surface area contributed by atoms with Crippen molar-refractivity contribution in [2.75, 3.05) is 52.6 Å². The smallest absolute Gasteiger partial charge is 0.0593 e. The fraction of sp³-hybridized carbons (Fsp3) is 1.00. The van der Waals surface area contributed by atoms with Gasteiger partial charge in [0.05, 0.1) is 13.2 Å². The fourth-order valence-electron chi connectivity index (χ4n) is 2.11. The van der Waals surface area contributed by atoms with Crippen LogP contribution in [0.4, 0.5) is 0 Å². The molecule has 116 valence electrons. The first-order valence-corrected chi connectivity index (χ1v) is 7.90. The van der Waals surface area contributed by atoms with Crippen LogP contribution in [0.5, 0.6) is 0 Å². The molecule has 4 heteroatoms. The van der Waals surface area contributed by atoms with Crippen molar-refractivity contribution in [1.29, 1.82) is 0 Å². The maximum Gasteiger partial charge on any atom is 0.0593 e. The molecule has 0 aromatic rings. The Bertz CT molecular complexity index is 170. The van der Waals surface area contributed by atoms with Crippen LogP contribution in [0.1, 0.15) is 40.5 Å². The summed E-state index contributed by atoms with van der Waals surface area (Å²) >= 11 is 0. The highest BCUT2D eigenvalue weighted by atomic mass is 16.5. The van der Waals surface area contributed by atoms with Crippen molar-refractivity contribution >= 4 is 0 Å². The first-order valence-electron chi connectivity index (χ1n) is 7.90. The molecule has 0 aromatic heterocycles. The number of nitrogens with zero attached hydrogens (tertiary/aromatic N) is 1. The second kappa shape index (κ2) is 14.3. The van der Waals surface area contributed by atoms with Crippen LogP contribution < -0.4 is 5.32 Å². The minimum Gasteiger partial charge on any atom is -0.380 e. The standard InChI is InChI=1S/C15H34N2O2/c1-5-9-16-14-15(6-2)17(10-12-18-7-3)11-13-19-8-4/h15-16H,5-14H2,1-4H3. The van der Waals surface area contributed by atoms with Crippen molar-refractivity contribution < 1.29 is 9.47 Å². The van der Waals surface area contributed by atoms with E-state index in [1.165, 1.54) is 6.42 Å². The molecule has 19 heavy (non-hydrogen) atoms. The lowest BCUT2D eigenvalue weighted by Crippen LogP contribution is -2.45. The van der Waals surface area contributed by atoms with Gasteiger partial charge in [-0.25, -0.2) is 0 Å². The van der Waals surface area contributed by atoms with Crippen LogP contribution in [0.25, 0.3) is 0 Å². The molecule has 1 atom stereocenters. The van der Waals surface area contributed by atoms with E-state index in [9.17, 15) is 0 Å². The van der Waals surface area contributed by atoms with E-state index in [1.807, 2.05) is 13.8 Å². The van der Waals surface area contributed by atoms with Crippen LogP contribution in [-0.2, 0) is 9.47 Å². The minimum absolute atomic E-state index is 0.576. The predicted molar refractivity (Wildman–Crippen MR) is 81.8 cm³/mol. The Kier molecular flexibility index (Phi) is 14.1. The maximum atomic E-state index is 5.49. The van der Waals surface area contributed by atoms with E-state index in [2.05, 4.69) is 24.1 Å². The van der Waals surface area contributed by atoms with Gasteiger partial charge in [-0.1, -0.05) is 13.8 Å². The summed E-state index contributed by atoms with van der Waals surface area (Å²) in [5.41, 5.74) is 0. The number of hydrogen-bond donors (Lipinski definition) is 1. The molecule has 0 spiro atoms. The lowest BCUT2D eigenvalue weighted by Gasteiger charge is -2.31. The highest BCUT2D eigenvalue weighted by Crippen LogP contribution is 2.04. The molecule has 0 radical (unpaired) electrons. The molecule has 1 unspecified atom stereocenters. The molecule has 0 saturated carbocycles. The fourth-order valence-corrected chi connectivity index (χ4v) is 2.11. The average Bonchev–Trinajstić information content (AvgIpc) is 2.43. The van der Waals surface area contributed by atoms with E-state index in [4.69, 9.17) is 9.47 Å². The quantitative estimate of drug-likeness (QED) is 0.492. The Morgan fingerprint density at radius 1 is 0.947 bits per heavy atom. The summed E-state index contributed by atoms with van der Waals surface area (Å²) in [5, 5.41) is 3.52. The average molecular weight is 274 g/mol. The Morgan fingerprint density at radius 3 is 1.95 bits per heavy atom. The Balaban J connectivity index is 4.13. The Morgan fingerprint density at radius 2 is 1.53 bits per heavy atom. The third-order valence-electron chi connectivity index (χ3n) is 3.25. The molecule has 0 aromatic carbocycles. The Labute approximate surface area is 119 Å². The van der Waals surface area contributed by atoms with Crippen molar-refractivity contribution in [2.24, 2.45) is 0 Å². The largest absolute Gasteiger partial charge is 0.380 e. The van der Waals surface area contributed by atoms with Crippen LogP contribution >= 0.6 is 0 Å². The van der Waals surface area contributed by atoms with Gasteiger partial charge in [-0.05, 0) is 33.2 Å². The summed E-state index contributed by atoms with van der Waals surface area (Å²) in [4.78, 5) is 2.49. The molecule has 1 N–H and O–H groups in total. The predicted octanol–water partition coefficient (Wildman–Crippen LogP) is 2.14. The highest BCUT2D eigenvalue weighted by Gasteiger charge is 2.15. The second-order valence-corrected chi connectivity index (χ2v) is 4.70. The van der Waals surface area contributed by atoms with Crippen LogP contribution in [0.2, 0.25) is 0 Å². The van der Waals surface area contributed by atoms with Gasteiger partial charge in [0.2, 0.25) is 0 Å². The molecule has 0 bridgehead atoms. The third kappa shape index (κ3) is 10.3. The summed E-state index contributed by atoms with van der Waals surface area (Å²) in [6, 6.07) is 0.576. The number of ether oxygens (including phenoxy) is 2. The summed E-state index contributed by atoms with van der Waals surface area (Å²) in [6.45, 7) is 15.9. The van der Waals surface area contributed by atoms with E-state index in [1.54, 1.807) is 0 Å². The second-order valence-electron chi connectivity index (χ2n) is 4.70. The molecule has 0 amide bonds. The van der Waals surface area contributed by atoms with Gasteiger partial charge in [0.25, 0.3) is 0 Å². The SMILES string of the molecule is CCCNCC(CC)N(CCOCC)CCOCC. The normalized spacial score (nSPS) is 13.1. The Hall–Kier alpha value is -0.160. The van der Waals surface area contributed by atoms with Crippen molar-refractivity contribution in [2.45, 2.75) is 46.6 Å². The summed E-state index contributed by atoms with van der Waals surface area (Å²) < 4.78 is 11.0. The lowest BCUT2D eigenvalue weighted by atomic mass is 10.2. The van der Waals surface area contributed by atoms with Gasteiger partial charge in [-0.2, -0.15) is 0 Å². The first-order chi connectivity index (χ1) is 9.29. The van der Waals surface area contributed by atoms with E-state index in [0.29, 0.717) is 6.04 Å². The van der Waals surface area contributed by atoms with Crippen LogP contribution in [0.15, 0.2) is 0 Å². The zero-order chi connectivity index (χ0) is 14.3. The molecular weight excluding hydrogens is 240 g/mol. The van der Waals surface area contributed by atoms with Crippen LogP contribution in [-0.4, -0.2) is 63.5 Å². The van der Waals surface area contributed by atoms with Gasteiger partial charge in [-0.3, -0.25) is 4.90 Å².